The summed E-state index contributed by atoms with van der Waals surface area (Å²) in [5, 5.41) is 0.579. The first-order valence-electron chi connectivity index (χ1n) is 11.5. The Balaban J connectivity index is -0.000000901. The Morgan fingerprint density at radius 1 is 1.13 bits per heavy atom. The van der Waals surface area contributed by atoms with Crippen LogP contribution in [-0.2, 0) is 9.47 Å². The molecule has 178 valence electrons. The maximum Gasteiger partial charge on any atom is 0.187 e. The van der Waals surface area contributed by atoms with E-state index >= 15 is 0 Å². The number of ether oxygens (including phenoxy) is 2. The molecule has 0 aromatic rings. The Labute approximate surface area is 201 Å². The average Bonchev–Trinajstić information content (AvgIpc) is 2.77. The highest BCUT2D eigenvalue weighted by atomic mass is 32.1. The second kappa shape index (κ2) is 26.9. The van der Waals surface area contributed by atoms with E-state index in [1.807, 2.05) is 26.2 Å². The highest BCUT2D eigenvalue weighted by Gasteiger charge is 2.19. The van der Waals surface area contributed by atoms with E-state index < -0.39 is 0 Å². The molecule has 0 spiro atoms. The first kappa shape index (κ1) is 34.5. The fourth-order valence-electron chi connectivity index (χ4n) is 2.41. The zero-order valence-electron chi connectivity index (χ0n) is 20.9. The number of allylic oxidation sites excluding steroid dienone is 4. The Morgan fingerprint density at radius 2 is 1.73 bits per heavy atom. The van der Waals surface area contributed by atoms with E-state index in [9.17, 15) is 0 Å². The molecule has 3 unspecified atom stereocenters. The van der Waals surface area contributed by atoms with Crippen LogP contribution >= 0.6 is 33.4 Å². The summed E-state index contributed by atoms with van der Waals surface area (Å²) in [6.07, 6.45) is 14.3. The molecule has 0 aromatic carbocycles. The van der Waals surface area contributed by atoms with E-state index in [0.717, 1.165) is 28.6 Å². The maximum absolute atomic E-state index is 5.59. The quantitative estimate of drug-likeness (QED) is 0.0484. The van der Waals surface area contributed by atoms with Gasteiger partial charge in [0.25, 0.3) is 0 Å². The van der Waals surface area contributed by atoms with Crippen LogP contribution in [0.3, 0.4) is 0 Å². The Bertz CT molecular complexity index is 460. The highest BCUT2D eigenvalue weighted by Crippen LogP contribution is 2.31. The Hall–Kier alpha value is -0.150. The fourth-order valence-corrected chi connectivity index (χ4v) is 3.41. The van der Waals surface area contributed by atoms with Gasteiger partial charge >= 0.3 is 0 Å². The molecular formula is C25H49O2PS2. The van der Waals surface area contributed by atoms with Crippen molar-refractivity contribution in [1.82, 2.24) is 0 Å². The van der Waals surface area contributed by atoms with Crippen LogP contribution in [-0.4, -0.2) is 30.4 Å². The lowest BCUT2D eigenvalue weighted by atomic mass is 9.91. The van der Waals surface area contributed by atoms with Crippen molar-refractivity contribution in [1.29, 1.82) is 0 Å². The largest absolute Gasteiger partial charge is 0.475 e. The van der Waals surface area contributed by atoms with Gasteiger partial charge in [-0.1, -0.05) is 100 Å². The Kier molecular flexibility index (Phi) is 30.9. The highest BCUT2D eigenvalue weighted by molar-refractivity contribution is 7.93. The molecule has 30 heavy (non-hydrogen) atoms. The number of thiocarbonyl (C=S) groups is 1. The van der Waals surface area contributed by atoms with E-state index in [1.165, 1.54) is 32.1 Å². The molecule has 0 N–H and O–H groups in total. The summed E-state index contributed by atoms with van der Waals surface area (Å²) < 4.78 is 11.6. The van der Waals surface area contributed by atoms with Crippen LogP contribution in [0.5, 0.6) is 0 Å². The molecule has 0 aliphatic carbocycles. The molecule has 0 aliphatic rings. The van der Waals surface area contributed by atoms with E-state index in [-0.39, 0.29) is 12.7 Å². The second-order valence-corrected chi connectivity index (χ2v) is 9.41. The van der Waals surface area contributed by atoms with Crippen molar-refractivity contribution in [3.8, 4) is 0 Å². The zero-order valence-corrected chi connectivity index (χ0v) is 23.6. The van der Waals surface area contributed by atoms with Gasteiger partial charge in [-0.25, -0.2) is 0 Å². The summed E-state index contributed by atoms with van der Waals surface area (Å²) in [5.41, 5.74) is 2.28. The first-order chi connectivity index (χ1) is 14.4. The van der Waals surface area contributed by atoms with Gasteiger partial charge in [-0.15, -0.1) is 0 Å². The van der Waals surface area contributed by atoms with E-state index in [0.29, 0.717) is 13.8 Å². The van der Waals surface area contributed by atoms with Crippen LogP contribution in [0, 0.1) is 5.92 Å². The van der Waals surface area contributed by atoms with Crippen LogP contribution in [0.15, 0.2) is 36.1 Å². The third-order valence-electron chi connectivity index (χ3n) is 4.31. The summed E-state index contributed by atoms with van der Waals surface area (Å²) in [6.45, 7) is 19.0. The standard InChI is InChI=1S/C19H33O2PS.C4H10S.C2H6/c1-6-9-10-11-12-13-16(7-2)18(14-21-15-20-4)17(8-3)19(23)22-5;1-3-4(2)5;1-2/h7,13-14,17,22H,2,6,8-12,15H2,1,3-5H3;4-5H,3H2,1-2H3;1-2H3/b16-13+,18-14+;;. The van der Waals surface area contributed by atoms with Gasteiger partial charge in [-0.2, -0.15) is 12.6 Å². The molecule has 0 bridgehead atoms. The van der Waals surface area contributed by atoms with Crippen molar-refractivity contribution in [3.05, 3.63) is 36.1 Å². The van der Waals surface area contributed by atoms with Gasteiger partial charge in [0.15, 0.2) is 6.79 Å². The van der Waals surface area contributed by atoms with Crippen molar-refractivity contribution in [2.45, 2.75) is 91.7 Å². The number of hydrogen-bond donors (Lipinski definition) is 1. The minimum absolute atomic E-state index is 0.241. The average molecular weight is 477 g/mol. The molecule has 0 aliphatic heterocycles. The van der Waals surface area contributed by atoms with Crippen molar-refractivity contribution in [2.75, 3.05) is 20.6 Å². The lowest BCUT2D eigenvalue weighted by Gasteiger charge is -2.20. The molecule has 5 heteroatoms. The van der Waals surface area contributed by atoms with Gasteiger partial charge in [0, 0.05) is 23.2 Å². The predicted octanol–water partition coefficient (Wildman–Crippen LogP) is 8.98. The first-order valence-corrected chi connectivity index (χ1v) is 13.9. The molecule has 0 saturated heterocycles. The SMILES string of the molecule is C=CC(=C\CCCCCC)/C(=C\OCOC)C(CC)C(=S)PC.CC.CCC(C)S. The minimum atomic E-state index is 0.241. The van der Waals surface area contributed by atoms with Crippen LogP contribution in [0.25, 0.3) is 0 Å². The molecule has 0 fully saturated rings. The molecule has 3 atom stereocenters. The summed E-state index contributed by atoms with van der Waals surface area (Å²) in [6, 6.07) is 0. The predicted molar refractivity (Wildman–Crippen MR) is 149 cm³/mol. The molecule has 0 aromatic heterocycles. The van der Waals surface area contributed by atoms with Crippen LogP contribution in [0.2, 0.25) is 0 Å². The molecule has 0 saturated carbocycles. The molecule has 2 nitrogen and oxygen atoms in total. The third kappa shape index (κ3) is 19.8. The second-order valence-electron chi connectivity index (χ2n) is 6.69. The number of rotatable bonds is 15. The maximum atomic E-state index is 5.59. The van der Waals surface area contributed by atoms with Crippen LogP contribution in [0.1, 0.15) is 86.5 Å². The molecular weight excluding hydrogens is 427 g/mol. The van der Waals surface area contributed by atoms with E-state index in [1.54, 1.807) is 7.11 Å². The van der Waals surface area contributed by atoms with E-state index in [4.69, 9.17) is 21.7 Å². The number of thiol groups is 1. The van der Waals surface area contributed by atoms with Gasteiger partial charge < -0.3 is 9.47 Å². The minimum Gasteiger partial charge on any atom is -0.475 e. The lowest BCUT2D eigenvalue weighted by Crippen LogP contribution is -2.12. The number of methoxy groups -OCH3 is 1. The normalized spacial score (nSPS) is 13.6. The van der Waals surface area contributed by atoms with Crippen LogP contribution in [0.4, 0.5) is 0 Å². The monoisotopic (exact) mass is 476 g/mol. The van der Waals surface area contributed by atoms with Crippen molar-refractivity contribution in [3.63, 3.8) is 0 Å². The number of unbranched alkanes of at least 4 members (excludes halogenated alkanes) is 4. The zero-order chi connectivity index (χ0) is 23.8. The Morgan fingerprint density at radius 3 is 2.13 bits per heavy atom. The van der Waals surface area contributed by atoms with Crippen molar-refractivity contribution in [2.24, 2.45) is 5.92 Å². The summed E-state index contributed by atoms with van der Waals surface area (Å²) in [7, 11) is 2.28. The van der Waals surface area contributed by atoms with Gasteiger partial charge in [0.2, 0.25) is 0 Å². The molecule has 0 heterocycles. The fraction of sp³-hybridized carbons (Fsp3) is 0.720. The van der Waals surface area contributed by atoms with E-state index in [2.05, 4.69) is 59.6 Å². The molecule has 0 radical (unpaired) electrons. The third-order valence-corrected chi connectivity index (χ3v) is 6.41. The van der Waals surface area contributed by atoms with Crippen molar-refractivity contribution >= 4 is 38.0 Å². The smallest absolute Gasteiger partial charge is 0.187 e. The van der Waals surface area contributed by atoms with Gasteiger partial charge in [0.05, 0.1) is 6.26 Å². The number of hydrogen-bond acceptors (Lipinski definition) is 4. The molecule has 0 amide bonds. The summed E-state index contributed by atoms with van der Waals surface area (Å²) in [4.78, 5) is 0. The van der Waals surface area contributed by atoms with Gasteiger partial charge in [0.1, 0.15) is 0 Å². The summed E-state index contributed by atoms with van der Waals surface area (Å²) in [5.74, 6) is 0.241. The van der Waals surface area contributed by atoms with Gasteiger partial charge in [-0.3, -0.25) is 0 Å². The molecule has 0 rings (SSSR count). The van der Waals surface area contributed by atoms with Crippen molar-refractivity contribution < 1.29 is 9.47 Å². The summed E-state index contributed by atoms with van der Waals surface area (Å²) >= 11 is 9.69. The van der Waals surface area contributed by atoms with Crippen LogP contribution < -0.4 is 0 Å². The lowest BCUT2D eigenvalue weighted by molar-refractivity contribution is 0.0188. The van der Waals surface area contributed by atoms with Gasteiger partial charge in [-0.05, 0) is 43.2 Å². The topological polar surface area (TPSA) is 18.5 Å².